The monoisotopic (exact) mass is 434 g/mol. The second-order valence-electron chi connectivity index (χ2n) is 7.76. The Kier molecular flexibility index (Phi) is 5.15. The van der Waals surface area contributed by atoms with Gasteiger partial charge in [0, 0.05) is 23.7 Å². The summed E-state index contributed by atoms with van der Waals surface area (Å²) >= 11 is 0. The number of methoxy groups -OCH3 is 1. The van der Waals surface area contributed by atoms with E-state index in [1.54, 1.807) is 25.1 Å². The number of hydrogen-bond acceptors (Lipinski definition) is 4. The molecule has 4 aromatic carbocycles. The molecule has 4 aromatic rings. The summed E-state index contributed by atoms with van der Waals surface area (Å²) in [7, 11) is 3.36. The molecule has 33 heavy (non-hydrogen) atoms. The van der Waals surface area contributed by atoms with Crippen LogP contribution in [0.25, 0.3) is 16.3 Å². The third kappa shape index (κ3) is 3.34. The van der Waals surface area contributed by atoms with Gasteiger partial charge >= 0.3 is 0 Å². The molecule has 2 amide bonds. The minimum Gasteiger partial charge on any atom is -0.496 e. The Morgan fingerprint density at radius 3 is 2.18 bits per heavy atom. The highest BCUT2D eigenvalue weighted by Gasteiger charge is 2.43. The van der Waals surface area contributed by atoms with Crippen LogP contribution in [0.15, 0.2) is 103 Å². The molecule has 1 heterocycles. The minimum atomic E-state index is -0.376. The molecule has 5 heteroatoms. The molecule has 0 N–H and O–H groups in total. The normalized spacial score (nSPS) is 13.7. The number of amides is 2. The number of anilines is 2. The number of imide groups is 1. The van der Waals surface area contributed by atoms with Crippen LogP contribution in [0.3, 0.4) is 0 Å². The number of nitrogens with zero attached hydrogens (tertiary/aromatic N) is 2. The van der Waals surface area contributed by atoms with Crippen LogP contribution in [0.5, 0.6) is 5.75 Å². The molecule has 0 fully saturated rings. The Bertz CT molecular complexity index is 1400. The maximum atomic E-state index is 13.9. The lowest BCUT2D eigenvalue weighted by Gasteiger charge is -2.22. The van der Waals surface area contributed by atoms with Crippen molar-refractivity contribution in [3.05, 3.63) is 108 Å². The van der Waals surface area contributed by atoms with Crippen LogP contribution in [0.2, 0.25) is 0 Å². The van der Waals surface area contributed by atoms with Gasteiger partial charge in [-0.2, -0.15) is 0 Å². The van der Waals surface area contributed by atoms with Gasteiger partial charge in [-0.1, -0.05) is 72.8 Å². The molecular formula is C28H22N2O3. The van der Waals surface area contributed by atoms with Crippen LogP contribution >= 0.6 is 0 Å². The summed E-state index contributed by atoms with van der Waals surface area (Å²) in [5.74, 6) is -0.213. The number of carbonyl (C=O) groups is 2. The van der Waals surface area contributed by atoms with Crippen LogP contribution in [0.4, 0.5) is 11.4 Å². The molecule has 1 aliphatic heterocycles. The van der Waals surface area contributed by atoms with Crippen LogP contribution in [-0.2, 0) is 9.59 Å². The summed E-state index contributed by atoms with van der Waals surface area (Å²) in [6.07, 6.45) is 0. The highest BCUT2D eigenvalue weighted by molar-refractivity contribution is 6.47. The van der Waals surface area contributed by atoms with E-state index in [9.17, 15) is 9.59 Å². The number of likely N-dealkylation sites (N-methyl/N-ethyl adjacent to an activating group) is 1. The van der Waals surface area contributed by atoms with Gasteiger partial charge in [-0.15, -0.1) is 0 Å². The highest BCUT2D eigenvalue weighted by Crippen LogP contribution is 2.40. The van der Waals surface area contributed by atoms with Crippen LogP contribution in [0.1, 0.15) is 5.56 Å². The minimum absolute atomic E-state index is 0.309. The summed E-state index contributed by atoms with van der Waals surface area (Å²) in [4.78, 5) is 30.9. The van der Waals surface area contributed by atoms with Gasteiger partial charge in [0.25, 0.3) is 11.8 Å². The molecule has 0 radical (unpaired) electrons. The highest BCUT2D eigenvalue weighted by atomic mass is 16.5. The van der Waals surface area contributed by atoms with Gasteiger partial charge in [0.15, 0.2) is 0 Å². The fraction of sp³-hybridized carbons (Fsp3) is 0.0714. The Morgan fingerprint density at radius 1 is 0.727 bits per heavy atom. The zero-order valence-electron chi connectivity index (χ0n) is 18.4. The average Bonchev–Trinajstić information content (AvgIpc) is 3.13. The SMILES string of the molecule is COc1ccccc1C1=C(N(C)c2ccccc2)C(=O)N(c2cccc3ccccc23)C1=O. The van der Waals surface area contributed by atoms with Crippen molar-refractivity contribution in [2.24, 2.45) is 0 Å². The van der Waals surface area contributed by atoms with Gasteiger partial charge in [-0.05, 0) is 29.7 Å². The summed E-state index contributed by atoms with van der Waals surface area (Å²) in [5, 5.41) is 1.80. The molecule has 0 bridgehead atoms. The van der Waals surface area contributed by atoms with Crippen LogP contribution in [0, 0.1) is 0 Å². The van der Waals surface area contributed by atoms with E-state index in [2.05, 4.69) is 0 Å². The first kappa shape index (κ1) is 20.5. The summed E-state index contributed by atoms with van der Waals surface area (Å²) in [6, 6.07) is 30.2. The molecule has 0 saturated heterocycles. The number of rotatable bonds is 5. The summed E-state index contributed by atoms with van der Waals surface area (Å²) in [6.45, 7) is 0. The zero-order chi connectivity index (χ0) is 22.9. The number of benzene rings is 4. The summed E-state index contributed by atoms with van der Waals surface area (Å²) < 4.78 is 5.55. The van der Waals surface area contributed by atoms with Gasteiger partial charge in [0.05, 0.1) is 18.4 Å². The zero-order valence-corrected chi connectivity index (χ0v) is 18.4. The van der Waals surface area contributed by atoms with Gasteiger partial charge in [-0.3, -0.25) is 9.59 Å². The molecule has 0 atom stereocenters. The number of ether oxygens (including phenoxy) is 1. The Labute approximate surface area is 192 Å². The molecule has 0 aromatic heterocycles. The van der Waals surface area contributed by atoms with Crippen molar-refractivity contribution < 1.29 is 14.3 Å². The molecule has 0 unspecified atom stereocenters. The van der Waals surface area contributed by atoms with Crippen molar-refractivity contribution in [3.63, 3.8) is 0 Å². The third-order valence-electron chi connectivity index (χ3n) is 5.92. The number of para-hydroxylation sites is 2. The lowest BCUT2D eigenvalue weighted by molar-refractivity contribution is -0.120. The van der Waals surface area contributed by atoms with Gasteiger partial charge < -0.3 is 9.64 Å². The fourth-order valence-corrected chi connectivity index (χ4v) is 4.33. The standard InChI is InChI=1S/C28H22N2O3/c1-29(20-13-4-3-5-14-20)26-25(22-16-8-9-18-24(22)33-2)27(31)30(28(26)32)23-17-10-12-19-11-6-7-15-21(19)23/h3-18H,1-2H3. The van der Waals surface area contributed by atoms with E-state index in [1.165, 1.54) is 4.90 Å². The molecule has 162 valence electrons. The first-order valence-corrected chi connectivity index (χ1v) is 10.6. The largest absolute Gasteiger partial charge is 0.496 e. The molecule has 5 rings (SSSR count). The van der Waals surface area contributed by atoms with Crippen LogP contribution < -0.4 is 14.5 Å². The quantitative estimate of drug-likeness (QED) is 0.402. The lowest BCUT2D eigenvalue weighted by Crippen LogP contribution is -2.34. The van der Waals surface area contributed by atoms with E-state index < -0.39 is 0 Å². The average molecular weight is 434 g/mol. The topological polar surface area (TPSA) is 49.9 Å². The van der Waals surface area contributed by atoms with Crippen molar-refractivity contribution >= 4 is 39.5 Å². The number of fused-ring (bicyclic) bond motifs is 1. The van der Waals surface area contributed by atoms with Gasteiger partial charge in [0.1, 0.15) is 11.4 Å². The van der Waals surface area contributed by atoms with E-state index in [4.69, 9.17) is 4.74 Å². The Hall–Kier alpha value is -4.38. The van der Waals surface area contributed by atoms with Crippen molar-refractivity contribution in [3.8, 4) is 5.75 Å². The summed E-state index contributed by atoms with van der Waals surface area (Å²) in [5.41, 5.74) is 2.58. The van der Waals surface area contributed by atoms with Gasteiger partial charge in [-0.25, -0.2) is 4.90 Å². The first-order valence-electron chi connectivity index (χ1n) is 10.6. The molecule has 5 nitrogen and oxygen atoms in total. The Balaban J connectivity index is 1.74. The molecule has 1 aliphatic rings. The molecular weight excluding hydrogens is 412 g/mol. The maximum Gasteiger partial charge on any atom is 0.282 e. The maximum absolute atomic E-state index is 13.9. The predicted octanol–water partition coefficient (Wildman–Crippen LogP) is 5.27. The number of hydrogen-bond donors (Lipinski definition) is 0. The number of carbonyl (C=O) groups excluding carboxylic acids is 2. The van der Waals surface area contributed by atoms with Gasteiger partial charge in [0.2, 0.25) is 0 Å². The smallest absolute Gasteiger partial charge is 0.282 e. The molecule has 0 aliphatic carbocycles. The van der Waals surface area contributed by atoms with E-state index in [0.29, 0.717) is 28.3 Å². The Morgan fingerprint density at radius 2 is 1.39 bits per heavy atom. The van der Waals surface area contributed by atoms with Crippen molar-refractivity contribution in [1.82, 2.24) is 0 Å². The molecule has 0 saturated carbocycles. The van der Waals surface area contributed by atoms with Crippen LogP contribution in [-0.4, -0.2) is 26.0 Å². The molecule has 0 spiro atoms. The first-order chi connectivity index (χ1) is 16.1. The predicted molar refractivity (Wildman–Crippen MR) is 131 cm³/mol. The van der Waals surface area contributed by atoms with Crippen molar-refractivity contribution in [1.29, 1.82) is 0 Å². The fourth-order valence-electron chi connectivity index (χ4n) is 4.33. The van der Waals surface area contributed by atoms with Crippen molar-refractivity contribution in [2.45, 2.75) is 0 Å². The second-order valence-corrected chi connectivity index (χ2v) is 7.76. The second kappa shape index (κ2) is 8.28. The van der Waals surface area contributed by atoms with E-state index in [1.807, 2.05) is 91.0 Å². The van der Waals surface area contributed by atoms with Crippen molar-refractivity contribution in [2.75, 3.05) is 24.0 Å². The van der Waals surface area contributed by atoms with E-state index in [-0.39, 0.29) is 11.8 Å². The van der Waals surface area contributed by atoms with E-state index >= 15 is 0 Å². The third-order valence-corrected chi connectivity index (χ3v) is 5.92. The lowest BCUT2D eigenvalue weighted by atomic mass is 10.0. The van der Waals surface area contributed by atoms with E-state index in [0.717, 1.165) is 16.5 Å².